The van der Waals surface area contributed by atoms with Crippen molar-refractivity contribution in [2.75, 3.05) is 6.54 Å². The molecule has 2 heteroatoms. The second kappa shape index (κ2) is 6.96. The van der Waals surface area contributed by atoms with Crippen LogP contribution >= 0.6 is 11.6 Å². The number of hydrogen-bond donors (Lipinski definition) is 1. The maximum Gasteiger partial charge on any atom is 0.0351 e. The van der Waals surface area contributed by atoms with Crippen molar-refractivity contribution in [3.05, 3.63) is 47.5 Å². The standard InChI is InChI=1S/C16H22ClN/c1-13(17)12-18-16(14-8-4-2-5-9-14)15-10-6-3-7-11-15/h2,4-5,8-9,15-16,18H,1,3,6-7,10-12H2. The molecule has 0 radical (unpaired) electrons. The van der Waals surface area contributed by atoms with Crippen LogP contribution in [0.3, 0.4) is 0 Å². The summed E-state index contributed by atoms with van der Waals surface area (Å²) >= 11 is 5.89. The molecule has 1 aliphatic carbocycles. The van der Waals surface area contributed by atoms with E-state index in [9.17, 15) is 0 Å². The van der Waals surface area contributed by atoms with Crippen molar-refractivity contribution in [2.45, 2.75) is 38.1 Å². The monoisotopic (exact) mass is 263 g/mol. The van der Waals surface area contributed by atoms with Gasteiger partial charge < -0.3 is 5.32 Å². The minimum absolute atomic E-state index is 0.419. The Morgan fingerprint density at radius 1 is 1.22 bits per heavy atom. The molecule has 0 saturated heterocycles. The average Bonchev–Trinajstić information content (AvgIpc) is 2.41. The molecule has 0 bridgehead atoms. The van der Waals surface area contributed by atoms with Gasteiger partial charge in [0.15, 0.2) is 0 Å². The fraction of sp³-hybridized carbons (Fsp3) is 0.500. The van der Waals surface area contributed by atoms with E-state index in [1.807, 2.05) is 0 Å². The number of rotatable bonds is 5. The van der Waals surface area contributed by atoms with Crippen LogP contribution in [-0.4, -0.2) is 6.54 Å². The first-order valence-corrected chi connectivity index (χ1v) is 7.27. The minimum atomic E-state index is 0.419. The lowest BCUT2D eigenvalue weighted by atomic mass is 9.81. The van der Waals surface area contributed by atoms with Crippen LogP contribution in [0.2, 0.25) is 0 Å². The third-order valence-corrected chi connectivity index (χ3v) is 3.93. The molecule has 0 spiro atoms. The van der Waals surface area contributed by atoms with Crippen molar-refractivity contribution >= 4 is 11.6 Å². The molecule has 1 nitrogen and oxygen atoms in total. The van der Waals surface area contributed by atoms with Gasteiger partial charge in [0.05, 0.1) is 0 Å². The molecular weight excluding hydrogens is 242 g/mol. The Balaban J connectivity index is 2.08. The first-order chi connectivity index (χ1) is 8.77. The van der Waals surface area contributed by atoms with Gasteiger partial charge in [0.1, 0.15) is 0 Å². The van der Waals surface area contributed by atoms with Gasteiger partial charge in [-0.1, -0.05) is 67.8 Å². The molecule has 1 saturated carbocycles. The van der Waals surface area contributed by atoms with E-state index in [1.165, 1.54) is 37.7 Å². The molecule has 1 aliphatic rings. The summed E-state index contributed by atoms with van der Waals surface area (Å²) in [6.45, 7) is 4.46. The van der Waals surface area contributed by atoms with Crippen LogP contribution < -0.4 is 5.32 Å². The zero-order valence-corrected chi connectivity index (χ0v) is 11.6. The lowest BCUT2D eigenvalue weighted by molar-refractivity contribution is 0.276. The van der Waals surface area contributed by atoms with Crippen LogP contribution in [0, 0.1) is 5.92 Å². The summed E-state index contributed by atoms with van der Waals surface area (Å²) in [6, 6.07) is 11.1. The number of halogens is 1. The largest absolute Gasteiger partial charge is 0.305 e. The van der Waals surface area contributed by atoms with Crippen molar-refractivity contribution in [3.63, 3.8) is 0 Å². The van der Waals surface area contributed by atoms with Crippen LogP contribution in [-0.2, 0) is 0 Å². The summed E-state index contributed by atoms with van der Waals surface area (Å²) in [6.07, 6.45) is 6.75. The highest BCUT2D eigenvalue weighted by Crippen LogP contribution is 2.34. The second-order valence-electron chi connectivity index (χ2n) is 5.18. The molecule has 1 atom stereocenters. The normalized spacial score (nSPS) is 18.5. The predicted molar refractivity (Wildman–Crippen MR) is 78.8 cm³/mol. The Labute approximate surface area is 115 Å². The van der Waals surface area contributed by atoms with Crippen LogP contribution in [0.4, 0.5) is 0 Å². The van der Waals surface area contributed by atoms with E-state index >= 15 is 0 Å². The smallest absolute Gasteiger partial charge is 0.0351 e. The third-order valence-electron chi connectivity index (χ3n) is 3.79. The van der Waals surface area contributed by atoms with E-state index in [1.54, 1.807) is 0 Å². The van der Waals surface area contributed by atoms with E-state index < -0.39 is 0 Å². The second-order valence-corrected chi connectivity index (χ2v) is 5.72. The highest BCUT2D eigenvalue weighted by Gasteiger charge is 2.24. The number of benzene rings is 1. The Hall–Kier alpha value is -0.790. The average molecular weight is 264 g/mol. The Kier molecular flexibility index (Phi) is 5.27. The van der Waals surface area contributed by atoms with E-state index in [4.69, 9.17) is 11.6 Å². The maximum absolute atomic E-state index is 5.89. The predicted octanol–water partition coefficient (Wildman–Crippen LogP) is 4.65. The Bertz CT molecular complexity index is 368. The van der Waals surface area contributed by atoms with Crippen LogP contribution in [0.1, 0.15) is 43.7 Å². The van der Waals surface area contributed by atoms with Gasteiger partial charge in [-0.2, -0.15) is 0 Å². The van der Waals surface area contributed by atoms with Crippen molar-refractivity contribution in [1.29, 1.82) is 0 Å². The first kappa shape index (κ1) is 13.6. The fourth-order valence-corrected chi connectivity index (χ4v) is 2.98. The molecule has 18 heavy (non-hydrogen) atoms. The van der Waals surface area contributed by atoms with Crippen LogP contribution in [0.15, 0.2) is 41.9 Å². The minimum Gasteiger partial charge on any atom is -0.305 e. The summed E-state index contributed by atoms with van der Waals surface area (Å²) < 4.78 is 0. The van der Waals surface area contributed by atoms with Gasteiger partial charge in [0.2, 0.25) is 0 Å². The first-order valence-electron chi connectivity index (χ1n) is 6.89. The molecule has 0 aliphatic heterocycles. The number of nitrogens with one attached hydrogen (secondary N) is 1. The van der Waals surface area contributed by atoms with Gasteiger partial charge in [-0.3, -0.25) is 0 Å². The molecule has 1 N–H and O–H groups in total. The fourth-order valence-electron chi connectivity index (χ4n) is 2.91. The van der Waals surface area contributed by atoms with E-state index in [0.29, 0.717) is 17.6 Å². The molecule has 1 unspecified atom stereocenters. The SMILES string of the molecule is C=C(Cl)CNC(c1ccccc1)C1CCCCC1. The highest BCUT2D eigenvalue weighted by atomic mass is 35.5. The van der Waals surface area contributed by atoms with Gasteiger partial charge in [0, 0.05) is 17.6 Å². The lowest BCUT2D eigenvalue weighted by Gasteiger charge is -2.31. The van der Waals surface area contributed by atoms with Gasteiger partial charge in [-0.15, -0.1) is 0 Å². The Morgan fingerprint density at radius 3 is 2.50 bits per heavy atom. The van der Waals surface area contributed by atoms with Gasteiger partial charge >= 0.3 is 0 Å². The van der Waals surface area contributed by atoms with Crippen molar-refractivity contribution < 1.29 is 0 Å². The van der Waals surface area contributed by atoms with Crippen molar-refractivity contribution in [2.24, 2.45) is 5.92 Å². The zero-order valence-electron chi connectivity index (χ0n) is 10.9. The van der Waals surface area contributed by atoms with Crippen LogP contribution in [0.25, 0.3) is 0 Å². The molecule has 98 valence electrons. The van der Waals surface area contributed by atoms with Gasteiger partial charge in [-0.05, 0) is 24.3 Å². The van der Waals surface area contributed by atoms with E-state index in [0.717, 1.165) is 5.92 Å². The molecular formula is C16H22ClN. The molecule has 0 amide bonds. The molecule has 2 rings (SSSR count). The molecule has 1 aromatic rings. The quantitative estimate of drug-likeness (QED) is 0.815. The molecule has 1 fully saturated rings. The topological polar surface area (TPSA) is 12.0 Å². The van der Waals surface area contributed by atoms with Gasteiger partial charge in [0.25, 0.3) is 0 Å². The zero-order chi connectivity index (χ0) is 12.8. The Morgan fingerprint density at radius 2 is 1.89 bits per heavy atom. The molecule has 0 aromatic heterocycles. The van der Waals surface area contributed by atoms with Gasteiger partial charge in [-0.25, -0.2) is 0 Å². The summed E-state index contributed by atoms with van der Waals surface area (Å²) in [5, 5.41) is 4.26. The molecule has 0 heterocycles. The van der Waals surface area contributed by atoms with Crippen LogP contribution in [0.5, 0.6) is 0 Å². The summed E-state index contributed by atoms with van der Waals surface area (Å²) in [5.41, 5.74) is 1.38. The highest BCUT2D eigenvalue weighted by molar-refractivity contribution is 6.29. The van der Waals surface area contributed by atoms with Crippen molar-refractivity contribution in [1.82, 2.24) is 5.32 Å². The summed E-state index contributed by atoms with van der Waals surface area (Å²) in [4.78, 5) is 0. The summed E-state index contributed by atoms with van der Waals surface area (Å²) in [7, 11) is 0. The van der Waals surface area contributed by atoms with E-state index in [2.05, 4.69) is 42.2 Å². The third kappa shape index (κ3) is 3.86. The number of hydrogen-bond acceptors (Lipinski definition) is 1. The summed E-state index contributed by atoms with van der Waals surface area (Å²) in [5.74, 6) is 0.733. The molecule has 1 aromatic carbocycles. The van der Waals surface area contributed by atoms with Crippen molar-refractivity contribution in [3.8, 4) is 0 Å². The van der Waals surface area contributed by atoms with E-state index in [-0.39, 0.29) is 0 Å². The lowest BCUT2D eigenvalue weighted by Crippen LogP contribution is -2.30. The maximum atomic E-state index is 5.89.